The Kier molecular flexibility index (Phi) is 6.43. The lowest BCUT2D eigenvalue weighted by molar-refractivity contribution is 0.229. The quantitative estimate of drug-likeness (QED) is 0.294. The van der Waals surface area contributed by atoms with Crippen molar-refractivity contribution >= 4 is 56.0 Å². The topological polar surface area (TPSA) is 179 Å². The Bertz CT molecular complexity index is 2080. The van der Waals surface area contributed by atoms with Gasteiger partial charge < -0.3 is 19.3 Å². The molecule has 0 bridgehead atoms. The summed E-state index contributed by atoms with van der Waals surface area (Å²) in [6, 6.07) is 18.3. The number of halogens is 2. The minimum atomic E-state index is -0.235. The molecule has 0 unspecified atom stereocenters. The normalized spacial score (nSPS) is 11.5. The average Bonchev–Trinajstić information content (AvgIpc) is 3.83. The van der Waals surface area contributed by atoms with E-state index in [1.54, 1.807) is 12.1 Å². The summed E-state index contributed by atoms with van der Waals surface area (Å²) in [6.07, 6.45) is 0. The Hall–Kier alpha value is -5.02. The van der Waals surface area contributed by atoms with Gasteiger partial charge in [0.1, 0.15) is 13.2 Å². The molecule has 0 amide bonds. The van der Waals surface area contributed by atoms with Gasteiger partial charge >= 0.3 is 0 Å². The highest BCUT2D eigenvalue weighted by Gasteiger charge is 2.19. The second kappa shape index (κ2) is 10.4. The first-order chi connectivity index (χ1) is 20.6. The fourth-order valence-corrected chi connectivity index (χ4v) is 4.87. The zero-order chi connectivity index (χ0) is 28.8. The molecule has 8 aromatic rings. The van der Waals surface area contributed by atoms with E-state index in [0.29, 0.717) is 56.2 Å². The first kappa shape index (κ1) is 25.9. The summed E-state index contributed by atoms with van der Waals surface area (Å²) < 4.78 is 13.0. The standard InChI is InChI=1S/2C13H8ClN5O2/c2*14-11-8-3-1-2-4-9(8)12-15-16-13(19(12)17-11)10-5-7(6-20)21-18-10/h2*1-5,20H,6H2. The maximum atomic E-state index is 9.03. The summed E-state index contributed by atoms with van der Waals surface area (Å²) in [7, 11) is 0. The first-order valence-corrected chi connectivity index (χ1v) is 13.0. The summed E-state index contributed by atoms with van der Waals surface area (Å²) in [5.74, 6) is 1.49. The van der Waals surface area contributed by atoms with Crippen LogP contribution in [0.25, 0.3) is 55.9 Å². The van der Waals surface area contributed by atoms with Crippen LogP contribution in [0.1, 0.15) is 11.5 Å². The van der Waals surface area contributed by atoms with Gasteiger partial charge in [-0.15, -0.1) is 20.4 Å². The molecule has 8 rings (SSSR count). The first-order valence-electron chi connectivity index (χ1n) is 12.3. The Balaban J connectivity index is 0.000000137. The highest BCUT2D eigenvalue weighted by molar-refractivity contribution is 6.35. The van der Waals surface area contributed by atoms with E-state index in [9.17, 15) is 0 Å². The van der Waals surface area contributed by atoms with Gasteiger partial charge in [-0.3, -0.25) is 0 Å². The van der Waals surface area contributed by atoms with Gasteiger partial charge in [0.15, 0.2) is 44.5 Å². The number of nitrogens with zero attached hydrogens (tertiary/aromatic N) is 10. The van der Waals surface area contributed by atoms with Crippen LogP contribution in [0.4, 0.5) is 0 Å². The van der Waals surface area contributed by atoms with Crippen molar-refractivity contribution in [1.29, 1.82) is 0 Å². The molecule has 0 radical (unpaired) electrons. The summed E-state index contributed by atoms with van der Waals surface area (Å²) in [4.78, 5) is 0. The van der Waals surface area contributed by atoms with Crippen molar-refractivity contribution in [3.8, 4) is 23.0 Å². The number of aliphatic hydroxyl groups excluding tert-OH is 2. The van der Waals surface area contributed by atoms with Crippen LogP contribution in [-0.4, -0.2) is 60.1 Å². The van der Waals surface area contributed by atoms with Crippen LogP contribution in [0.2, 0.25) is 10.3 Å². The van der Waals surface area contributed by atoms with Gasteiger partial charge in [-0.05, 0) is 0 Å². The van der Waals surface area contributed by atoms with E-state index in [-0.39, 0.29) is 13.2 Å². The maximum Gasteiger partial charge on any atom is 0.207 e. The SMILES string of the molecule is OCc1cc(-c2nnc3c4ccccc4c(Cl)nn23)no1.OCc1cc(-c2nnc3c4ccccc4c(Cl)nn23)no1. The van der Waals surface area contributed by atoms with Crippen LogP contribution >= 0.6 is 23.2 Å². The highest BCUT2D eigenvalue weighted by Crippen LogP contribution is 2.28. The van der Waals surface area contributed by atoms with Gasteiger partial charge in [0.25, 0.3) is 0 Å². The summed E-state index contributed by atoms with van der Waals surface area (Å²) in [5.41, 5.74) is 2.04. The summed E-state index contributed by atoms with van der Waals surface area (Å²) in [6.45, 7) is -0.471. The molecule has 16 heteroatoms. The van der Waals surface area contributed by atoms with Crippen molar-refractivity contribution in [2.24, 2.45) is 0 Å². The Labute approximate surface area is 243 Å². The minimum Gasteiger partial charge on any atom is -0.388 e. The molecule has 6 heterocycles. The van der Waals surface area contributed by atoms with Crippen molar-refractivity contribution in [3.63, 3.8) is 0 Å². The number of benzene rings is 2. The number of rotatable bonds is 4. The maximum absolute atomic E-state index is 9.03. The molecule has 0 aliphatic rings. The minimum absolute atomic E-state index is 0.235. The van der Waals surface area contributed by atoms with Crippen molar-refractivity contribution < 1.29 is 19.3 Å². The summed E-state index contributed by atoms with van der Waals surface area (Å²) >= 11 is 12.4. The molecule has 42 heavy (non-hydrogen) atoms. The van der Waals surface area contributed by atoms with Crippen molar-refractivity contribution in [1.82, 2.24) is 49.9 Å². The molecule has 0 saturated carbocycles. The number of hydrogen-bond donors (Lipinski definition) is 2. The lowest BCUT2D eigenvalue weighted by Crippen LogP contribution is -1.97. The molecular weight excluding hydrogens is 587 g/mol. The zero-order valence-corrected chi connectivity index (χ0v) is 22.6. The van der Waals surface area contributed by atoms with Crippen molar-refractivity contribution in [2.75, 3.05) is 0 Å². The van der Waals surface area contributed by atoms with E-state index in [4.69, 9.17) is 42.5 Å². The van der Waals surface area contributed by atoms with Gasteiger partial charge in [0.2, 0.25) is 11.6 Å². The molecule has 0 fully saturated rings. The largest absolute Gasteiger partial charge is 0.388 e. The third kappa shape index (κ3) is 4.29. The van der Waals surface area contributed by atoms with Crippen LogP contribution in [0.3, 0.4) is 0 Å². The second-order valence-corrected chi connectivity index (χ2v) is 9.58. The van der Waals surface area contributed by atoms with Gasteiger partial charge in [-0.1, -0.05) is 82.0 Å². The number of fused-ring (bicyclic) bond motifs is 6. The molecule has 0 aliphatic carbocycles. The molecule has 0 spiro atoms. The number of aromatic nitrogens is 10. The fraction of sp³-hybridized carbons (Fsp3) is 0.0769. The van der Waals surface area contributed by atoms with Crippen molar-refractivity contribution in [2.45, 2.75) is 13.2 Å². The number of hydrogen-bond acceptors (Lipinski definition) is 12. The van der Waals surface area contributed by atoms with Crippen LogP contribution < -0.4 is 0 Å². The van der Waals surface area contributed by atoms with Crippen LogP contribution in [0.15, 0.2) is 69.7 Å². The van der Waals surface area contributed by atoms with E-state index < -0.39 is 0 Å². The van der Waals surface area contributed by atoms with Crippen LogP contribution in [-0.2, 0) is 13.2 Å². The Morgan fingerprint density at radius 1 is 0.595 bits per heavy atom. The lowest BCUT2D eigenvalue weighted by atomic mass is 10.2. The molecular formula is C26H16Cl2N10O4. The van der Waals surface area contributed by atoms with E-state index in [1.807, 2.05) is 48.5 Å². The Morgan fingerprint density at radius 2 is 1.00 bits per heavy atom. The van der Waals surface area contributed by atoms with Crippen LogP contribution in [0.5, 0.6) is 0 Å². The molecule has 2 N–H and O–H groups in total. The predicted octanol–water partition coefficient (Wildman–Crippen LogP) is 4.16. The molecule has 6 aromatic heterocycles. The summed E-state index contributed by atoms with van der Waals surface area (Å²) in [5, 5.41) is 54.8. The van der Waals surface area contributed by atoms with Gasteiger partial charge in [0, 0.05) is 33.7 Å². The van der Waals surface area contributed by atoms with E-state index in [1.165, 1.54) is 9.03 Å². The average molecular weight is 603 g/mol. The molecule has 0 saturated heterocycles. The third-order valence-electron chi connectivity index (χ3n) is 6.33. The predicted molar refractivity (Wildman–Crippen MR) is 149 cm³/mol. The van der Waals surface area contributed by atoms with Crippen LogP contribution in [0, 0.1) is 0 Å². The zero-order valence-electron chi connectivity index (χ0n) is 21.1. The van der Waals surface area contributed by atoms with Gasteiger partial charge in [-0.25, -0.2) is 0 Å². The van der Waals surface area contributed by atoms with E-state index in [2.05, 4.69) is 40.9 Å². The van der Waals surface area contributed by atoms with E-state index in [0.717, 1.165) is 21.5 Å². The van der Waals surface area contributed by atoms with Crippen molar-refractivity contribution in [3.05, 3.63) is 82.5 Å². The Morgan fingerprint density at radius 3 is 1.38 bits per heavy atom. The van der Waals surface area contributed by atoms with Gasteiger partial charge in [0.05, 0.1) is 0 Å². The van der Waals surface area contributed by atoms with Gasteiger partial charge in [-0.2, -0.15) is 19.2 Å². The smallest absolute Gasteiger partial charge is 0.207 e. The highest BCUT2D eigenvalue weighted by atomic mass is 35.5. The fourth-order valence-electron chi connectivity index (χ4n) is 4.39. The van der Waals surface area contributed by atoms with E-state index >= 15 is 0 Å². The molecule has 0 atom stereocenters. The lowest BCUT2D eigenvalue weighted by Gasteiger charge is -2.02. The molecule has 14 nitrogen and oxygen atoms in total. The number of aliphatic hydroxyl groups is 2. The third-order valence-corrected chi connectivity index (χ3v) is 6.88. The molecule has 208 valence electrons. The monoisotopic (exact) mass is 602 g/mol. The second-order valence-electron chi connectivity index (χ2n) is 8.86. The molecule has 2 aromatic carbocycles. The molecule has 0 aliphatic heterocycles.